The van der Waals surface area contributed by atoms with Gasteiger partial charge in [0.2, 0.25) is 0 Å². The number of Topliss-reactive ketones (excluding diaryl/α,β-unsaturated/α-hetero) is 1. The number of carbonyl (C=O) groups excluding carboxylic acids is 2. The predicted molar refractivity (Wildman–Crippen MR) is 91.7 cm³/mol. The molecule has 5 rings (SSSR count). The molecule has 0 heterocycles. The number of esters is 1. The Morgan fingerprint density at radius 1 is 1.00 bits per heavy atom. The maximum atomic E-state index is 12.8. The van der Waals surface area contributed by atoms with Crippen LogP contribution in [0.25, 0.3) is 0 Å². The van der Waals surface area contributed by atoms with Gasteiger partial charge in [-0.25, -0.2) is 0 Å². The zero-order valence-corrected chi connectivity index (χ0v) is 14.6. The van der Waals surface area contributed by atoms with Gasteiger partial charge >= 0.3 is 5.97 Å². The van der Waals surface area contributed by atoms with Crippen LogP contribution in [0.5, 0.6) is 0 Å². The second kappa shape index (κ2) is 6.18. The fourth-order valence-corrected chi connectivity index (χ4v) is 5.70. The quantitative estimate of drug-likeness (QED) is 0.750. The number of hydrogen-bond acceptors (Lipinski definition) is 3. The summed E-state index contributed by atoms with van der Waals surface area (Å²) in [7, 11) is 0. The third kappa shape index (κ3) is 3.11. The lowest BCUT2D eigenvalue weighted by atomic mass is 9.48. The minimum Gasteiger partial charge on any atom is -0.457 e. The molecule has 4 saturated carbocycles. The van der Waals surface area contributed by atoms with Crippen molar-refractivity contribution in [3.05, 3.63) is 34.9 Å². The van der Waals surface area contributed by atoms with Gasteiger partial charge in [-0.15, -0.1) is 0 Å². The van der Waals surface area contributed by atoms with Crippen molar-refractivity contribution in [3.63, 3.8) is 0 Å². The third-order valence-electron chi connectivity index (χ3n) is 6.26. The van der Waals surface area contributed by atoms with E-state index in [-0.39, 0.29) is 30.2 Å². The maximum Gasteiger partial charge on any atom is 0.310 e. The van der Waals surface area contributed by atoms with Crippen molar-refractivity contribution in [2.24, 2.45) is 23.2 Å². The van der Waals surface area contributed by atoms with Crippen LogP contribution in [0, 0.1) is 23.2 Å². The van der Waals surface area contributed by atoms with E-state index in [1.807, 2.05) is 12.1 Å². The van der Waals surface area contributed by atoms with E-state index in [9.17, 15) is 9.59 Å². The summed E-state index contributed by atoms with van der Waals surface area (Å²) in [6.45, 7) is -0.0570. The van der Waals surface area contributed by atoms with Crippen molar-refractivity contribution >= 4 is 23.4 Å². The fraction of sp³-hybridized carbons (Fsp3) is 0.600. The molecule has 3 nitrogen and oxygen atoms in total. The zero-order chi connectivity index (χ0) is 16.7. The molecule has 4 aliphatic carbocycles. The van der Waals surface area contributed by atoms with E-state index in [0.717, 1.165) is 42.6 Å². The van der Waals surface area contributed by atoms with Gasteiger partial charge in [0.25, 0.3) is 0 Å². The van der Waals surface area contributed by atoms with E-state index in [1.165, 1.54) is 19.3 Å². The topological polar surface area (TPSA) is 43.4 Å². The van der Waals surface area contributed by atoms with Crippen LogP contribution in [0.4, 0.5) is 0 Å². The number of carbonyl (C=O) groups is 2. The molecule has 4 bridgehead atoms. The molecule has 0 aromatic heterocycles. The van der Waals surface area contributed by atoms with Crippen molar-refractivity contribution in [3.8, 4) is 0 Å². The Morgan fingerprint density at radius 2 is 1.54 bits per heavy atom. The molecule has 0 atom stereocenters. The van der Waals surface area contributed by atoms with Gasteiger partial charge in [0.05, 0.1) is 6.42 Å². The summed E-state index contributed by atoms with van der Waals surface area (Å²) < 4.78 is 5.31. The second-order valence-corrected chi connectivity index (χ2v) is 8.52. The third-order valence-corrected chi connectivity index (χ3v) is 6.51. The van der Waals surface area contributed by atoms with Crippen molar-refractivity contribution in [1.82, 2.24) is 0 Å². The zero-order valence-electron chi connectivity index (χ0n) is 13.8. The van der Waals surface area contributed by atoms with Crippen LogP contribution in [0.2, 0.25) is 5.02 Å². The largest absolute Gasteiger partial charge is 0.457 e. The SMILES string of the molecule is O=C(Cc1ccc(Cl)cc1)OCC(=O)C12CC3CC(CC(C3)C1)C2. The summed E-state index contributed by atoms with van der Waals surface area (Å²) in [5.41, 5.74) is 0.668. The molecular weight excluding hydrogens is 324 g/mol. The standard InChI is InChI=1S/C20H23ClO3/c21-17-3-1-13(2-4-17)8-19(23)24-12-18(22)20-9-14-5-15(10-20)7-16(6-14)11-20/h1-4,14-16H,5-12H2. The molecule has 4 aliphatic rings. The van der Waals surface area contributed by atoms with E-state index in [1.54, 1.807) is 12.1 Å². The van der Waals surface area contributed by atoms with Gasteiger partial charge in [-0.1, -0.05) is 23.7 Å². The molecule has 0 N–H and O–H groups in total. The molecule has 1 aromatic carbocycles. The van der Waals surface area contributed by atoms with Gasteiger partial charge < -0.3 is 4.74 Å². The van der Waals surface area contributed by atoms with Crippen LogP contribution < -0.4 is 0 Å². The van der Waals surface area contributed by atoms with Gasteiger partial charge in [0, 0.05) is 10.4 Å². The van der Waals surface area contributed by atoms with Gasteiger partial charge in [-0.2, -0.15) is 0 Å². The molecule has 4 heteroatoms. The second-order valence-electron chi connectivity index (χ2n) is 8.08. The summed E-state index contributed by atoms with van der Waals surface area (Å²) >= 11 is 5.84. The van der Waals surface area contributed by atoms with Gasteiger partial charge in [0.1, 0.15) is 0 Å². The van der Waals surface area contributed by atoms with E-state index in [2.05, 4.69) is 0 Å². The average molecular weight is 347 g/mol. The van der Waals surface area contributed by atoms with E-state index in [4.69, 9.17) is 16.3 Å². The Kier molecular flexibility index (Phi) is 4.16. The molecule has 0 saturated heterocycles. The lowest BCUT2D eigenvalue weighted by Crippen LogP contribution is -2.51. The van der Waals surface area contributed by atoms with Crippen LogP contribution in [0.1, 0.15) is 44.1 Å². The molecule has 0 aliphatic heterocycles. The Bertz CT molecular complexity index is 614. The van der Waals surface area contributed by atoms with Crippen molar-refractivity contribution < 1.29 is 14.3 Å². The minimum atomic E-state index is -0.338. The number of rotatable bonds is 5. The molecule has 128 valence electrons. The average Bonchev–Trinajstić information content (AvgIpc) is 2.53. The van der Waals surface area contributed by atoms with E-state index < -0.39 is 0 Å². The van der Waals surface area contributed by atoms with Gasteiger partial charge in [-0.3, -0.25) is 9.59 Å². The molecule has 0 amide bonds. The Balaban J connectivity index is 1.33. The van der Waals surface area contributed by atoms with Crippen LogP contribution >= 0.6 is 11.6 Å². The first kappa shape index (κ1) is 16.1. The minimum absolute atomic E-state index is 0.0570. The number of hydrogen-bond donors (Lipinski definition) is 0. The number of halogens is 1. The lowest BCUT2D eigenvalue weighted by Gasteiger charge is -2.55. The normalized spacial score (nSPS) is 33.5. The summed E-state index contributed by atoms with van der Waals surface area (Å²) in [6.07, 6.45) is 7.17. The summed E-state index contributed by atoms with van der Waals surface area (Å²) in [4.78, 5) is 24.8. The van der Waals surface area contributed by atoms with Crippen LogP contribution in [-0.2, 0) is 20.7 Å². The van der Waals surface area contributed by atoms with Crippen molar-refractivity contribution in [2.75, 3.05) is 6.61 Å². The molecule has 0 unspecified atom stereocenters. The highest BCUT2D eigenvalue weighted by Crippen LogP contribution is 2.60. The van der Waals surface area contributed by atoms with E-state index in [0.29, 0.717) is 5.02 Å². The van der Waals surface area contributed by atoms with Gasteiger partial charge in [0.15, 0.2) is 12.4 Å². The predicted octanol–water partition coefficient (Wildman–Crippen LogP) is 4.21. The molecular formula is C20H23ClO3. The monoisotopic (exact) mass is 346 g/mol. The number of ketones is 1. The molecule has 1 aromatic rings. The molecule has 24 heavy (non-hydrogen) atoms. The highest BCUT2D eigenvalue weighted by atomic mass is 35.5. The molecule has 4 fully saturated rings. The summed E-state index contributed by atoms with van der Waals surface area (Å²) in [6, 6.07) is 7.13. The smallest absolute Gasteiger partial charge is 0.310 e. The highest BCUT2D eigenvalue weighted by Gasteiger charge is 2.54. The van der Waals surface area contributed by atoms with Crippen LogP contribution in [0.15, 0.2) is 24.3 Å². The van der Waals surface area contributed by atoms with E-state index >= 15 is 0 Å². The fourth-order valence-electron chi connectivity index (χ4n) is 5.57. The Hall–Kier alpha value is -1.35. The van der Waals surface area contributed by atoms with Crippen LogP contribution in [-0.4, -0.2) is 18.4 Å². The molecule has 0 spiro atoms. The number of benzene rings is 1. The first-order valence-corrected chi connectivity index (χ1v) is 9.33. The maximum absolute atomic E-state index is 12.8. The first-order chi connectivity index (χ1) is 11.5. The number of ether oxygens (including phenoxy) is 1. The summed E-state index contributed by atoms with van der Waals surface area (Å²) in [5.74, 6) is 2.00. The summed E-state index contributed by atoms with van der Waals surface area (Å²) in [5, 5.41) is 0.643. The Morgan fingerprint density at radius 3 is 2.08 bits per heavy atom. The highest BCUT2D eigenvalue weighted by molar-refractivity contribution is 6.30. The van der Waals surface area contributed by atoms with Crippen molar-refractivity contribution in [1.29, 1.82) is 0 Å². The Labute approximate surface area is 147 Å². The first-order valence-electron chi connectivity index (χ1n) is 8.96. The lowest BCUT2D eigenvalue weighted by molar-refractivity contribution is -0.157. The van der Waals surface area contributed by atoms with Crippen LogP contribution in [0.3, 0.4) is 0 Å². The molecule has 0 radical (unpaired) electrons. The van der Waals surface area contributed by atoms with Crippen molar-refractivity contribution in [2.45, 2.75) is 44.9 Å². The van der Waals surface area contributed by atoms with Gasteiger partial charge in [-0.05, 0) is 74.0 Å².